The minimum Gasteiger partial charge on any atom is -0.300 e. The van der Waals surface area contributed by atoms with Gasteiger partial charge in [-0.05, 0) is 38.2 Å². The van der Waals surface area contributed by atoms with Crippen molar-refractivity contribution in [2.75, 3.05) is 11.1 Å². The first-order valence-electron chi connectivity index (χ1n) is 9.02. The zero-order chi connectivity index (χ0) is 19.5. The highest BCUT2D eigenvalue weighted by atomic mass is 32.2. The highest BCUT2D eigenvalue weighted by molar-refractivity contribution is 7.99. The minimum absolute atomic E-state index is 0.135. The molecule has 3 heterocycles. The molecule has 0 bridgehead atoms. The van der Waals surface area contributed by atoms with Crippen LogP contribution < -0.4 is 5.32 Å². The van der Waals surface area contributed by atoms with Crippen LogP contribution in [0.25, 0.3) is 11.4 Å². The number of nitrogens with zero attached hydrogens (tertiary/aromatic N) is 5. The Bertz CT molecular complexity index is 1010. The van der Waals surface area contributed by atoms with Gasteiger partial charge in [0.25, 0.3) is 0 Å². The number of rotatable bonds is 7. The maximum absolute atomic E-state index is 12.2. The van der Waals surface area contributed by atoms with Gasteiger partial charge < -0.3 is 0 Å². The van der Waals surface area contributed by atoms with Crippen molar-refractivity contribution in [2.45, 2.75) is 44.3 Å². The number of anilines is 1. The number of fused-ring (bicyclic) bond motifs is 1. The van der Waals surface area contributed by atoms with Crippen LogP contribution in [0.1, 0.15) is 28.3 Å². The fraction of sp³-hybridized carbons (Fsp3) is 0.389. The van der Waals surface area contributed by atoms with Crippen molar-refractivity contribution in [1.82, 2.24) is 25.0 Å². The van der Waals surface area contributed by atoms with Crippen molar-refractivity contribution >= 4 is 45.5 Å². The lowest BCUT2D eigenvalue weighted by atomic mass is 9.95. The van der Waals surface area contributed by atoms with Crippen LogP contribution >= 0.6 is 34.4 Å². The van der Waals surface area contributed by atoms with Gasteiger partial charge in [-0.25, -0.2) is 0 Å². The van der Waals surface area contributed by atoms with Gasteiger partial charge in [-0.3, -0.25) is 14.7 Å². The molecule has 0 fully saturated rings. The summed E-state index contributed by atoms with van der Waals surface area (Å²) in [7, 11) is 0. The smallest absolute Gasteiger partial charge is 0.236 e. The molecule has 146 valence electrons. The topological polar surface area (TPSA) is 85.6 Å². The van der Waals surface area contributed by atoms with E-state index in [9.17, 15) is 4.79 Å². The van der Waals surface area contributed by atoms with E-state index in [-0.39, 0.29) is 11.7 Å². The number of amides is 1. The van der Waals surface area contributed by atoms with Crippen molar-refractivity contribution in [3.8, 4) is 11.4 Å². The molecule has 0 atom stereocenters. The first-order chi connectivity index (χ1) is 13.7. The standard InChI is InChI=1S/C18H20N6OS3/c1-3-8-24-16(13-9-26-14-7-5-4-6-12(13)14)21-23-18(24)27-10-15(25)19-17-22-20-11(2)28-17/h3,9H,1,4-8,10H2,2H3,(H,19,22,25). The second kappa shape index (κ2) is 8.54. The fourth-order valence-corrected chi connectivity index (χ4v) is 5.68. The molecular formula is C18H20N6OS3. The van der Waals surface area contributed by atoms with Crippen LogP contribution in [0.5, 0.6) is 0 Å². The number of thioether (sulfide) groups is 1. The van der Waals surface area contributed by atoms with Crippen molar-refractivity contribution in [3.05, 3.63) is 33.5 Å². The van der Waals surface area contributed by atoms with Crippen molar-refractivity contribution in [1.29, 1.82) is 0 Å². The first-order valence-corrected chi connectivity index (χ1v) is 11.7. The molecule has 28 heavy (non-hydrogen) atoms. The highest BCUT2D eigenvalue weighted by Crippen LogP contribution is 2.36. The molecule has 0 saturated heterocycles. The Hall–Kier alpha value is -2.04. The predicted molar refractivity (Wildman–Crippen MR) is 114 cm³/mol. The Labute approximate surface area is 175 Å². The molecular weight excluding hydrogens is 412 g/mol. The van der Waals surface area contributed by atoms with Crippen LogP contribution in [0.2, 0.25) is 0 Å². The Morgan fingerprint density at radius 3 is 2.96 bits per heavy atom. The van der Waals surface area contributed by atoms with Crippen LogP contribution in [0.4, 0.5) is 5.13 Å². The average Bonchev–Trinajstić information content (AvgIpc) is 3.39. The highest BCUT2D eigenvalue weighted by Gasteiger charge is 2.22. The van der Waals surface area contributed by atoms with Gasteiger partial charge in [0.1, 0.15) is 5.01 Å². The largest absolute Gasteiger partial charge is 0.300 e. The third-order valence-corrected chi connectivity index (χ3v) is 7.24. The number of hydrogen-bond acceptors (Lipinski definition) is 8. The molecule has 1 N–H and O–H groups in total. The number of aryl methyl sites for hydroxylation is 2. The van der Waals surface area contributed by atoms with E-state index < -0.39 is 0 Å². The zero-order valence-corrected chi connectivity index (χ0v) is 17.9. The van der Waals surface area contributed by atoms with E-state index in [0.717, 1.165) is 23.7 Å². The molecule has 10 heteroatoms. The predicted octanol–water partition coefficient (Wildman–Crippen LogP) is 3.96. The Morgan fingerprint density at radius 1 is 1.32 bits per heavy atom. The molecule has 3 aromatic rings. The third-order valence-electron chi connectivity index (χ3n) is 4.44. The summed E-state index contributed by atoms with van der Waals surface area (Å²) >= 11 is 4.54. The van der Waals surface area contributed by atoms with Gasteiger partial charge in [-0.1, -0.05) is 29.2 Å². The SMILES string of the molecule is C=CCn1c(SCC(=O)Nc2nnc(C)s2)nnc1-c1csc2c1CCCC2. The number of carbonyl (C=O) groups is 1. The zero-order valence-electron chi connectivity index (χ0n) is 15.5. The van der Waals surface area contributed by atoms with Crippen molar-refractivity contribution < 1.29 is 4.79 Å². The Kier molecular flexibility index (Phi) is 5.88. The summed E-state index contributed by atoms with van der Waals surface area (Å²) in [5, 5.41) is 23.6. The number of hydrogen-bond donors (Lipinski definition) is 1. The molecule has 0 unspecified atom stereocenters. The van der Waals surface area contributed by atoms with E-state index in [1.54, 1.807) is 0 Å². The third kappa shape index (κ3) is 4.03. The number of nitrogens with one attached hydrogen (secondary N) is 1. The molecule has 4 rings (SSSR count). The lowest BCUT2D eigenvalue weighted by Gasteiger charge is -2.13. The number of thiophene rings is 1. The van der Waals surface area contributed by atoms with Gasteiger partial charge in [0.05, 0.1) is 5.75 Å². The first kappa shape index (κ1) is 19.3. The Morgan fingerprint density at radius 2 is 2.18 bits per heavy atom. The molecule has 1 aliphatic rings. The average molecular weight is 433 g/mol. The van der Waals surface area contributed by atoms with E-state index in [4.69, 9.17) is 0 Å². The number of aromatic nitrogens is 5. The summed E-state index contributed by atoms with van der Waals surface area (Å²) in [5.74, 6) is 0.959. The van der Waals surface area contributed by atoms with Gasteiger partial charge in [0.15, 0.2) is 11.0 Å². The van der Waals surface area contributed by atoms with Gasteiger partial charge >= 0.3 is 0 Å². The number of allylic oxidation sites excluding steroid dienone is 1. The molecule has 1 amide bonds. The van der Waals surface area contributed by atoms with E-state index >= 15 is 0 Å². The normalized spacial score (nSPS) is 13.3. The van der Waals surface area contributed by atoms with Crippen molar-refractivity contribution in [3.63, 3.8) is 0 Å². The lowest BCUT2D eigenvalue weighted by molar-refractivity contribution is -0.113. The summed E-state index contributed by atoms with van der Waals surface area (Å²) in [6, 6.07) is 0. The molecule has 0 aliphatic heterocycles. The molecule has 0 radical (unpaired) electrons. The summed E-state index contributed by atoms with van der Waals surface area (Å²) in [5.41, 5.74) is 2.59. The minimum atomic E-state index is -0.135. The van der Waals surface area contributed by atoms with Crippen molar-refractivity contribution in [2.24, 2.45) is 0 Å². The molecule has 1 aliphatic carbocycles. The summed E-state index contributed by atoms with van der Waals surface area (Å²) in [4.78, 5) is 13.7. The Balaban J connectivity index is 1.51. The number of carbonyl (C=O) groups excluding carboxylic acids is 1. The maximum atomic E-state index is 12.2. The summed E-state index contributed by atoms with van der Waals surface area (Å²) in [6.45, 7) is 6.32. The van der Waals surface area contributed by atoms with Gasteiger partial charge in [-0.2, -0.15) is 0 Å². The lowest BCUT2D eigenvalue weighted by Crippen LogP contribution is -2.14. The monoisotopic (exact) mass is 432 g/mol. The molecule has 0 saturated carbocycles. The summed E-state index contributed by atoms with van der Waals surface area (Å²) in [6.07, 6.45) is 6.57. The second-order valence-electron chi connectivity index (χ2n) is 6.43. The van der Waals surface area contributed by atoms with E-state index in [1.807, 2.05) is 28.9 Å². The van der Waals surface area contributed by atoms with E-state index in [1.165, 1.54) is 51.9 Å². The molecule has 0 spiro atoms. The van der Waals surface area contributed by atoms with Crippen LogP contribution in [0.15, 0.2) is 23.2 Å². The van der Waals surface area contributed by atoms with Crippen LogP contribution in [-0.4, -0.2) is 36.6 Å². The molecule has 0 aromatic carbocycles. The molecule has 3 aromatic heterocycles. The second-order valence-corrected chi connectivity index (χ2v) is 9.52. The van der Waals surface area contributed by atoms with Gasteiger partial charge in [0.2, 0.25) is 11.0 Å². The fourth-order valence-electron chi connectivity index (χ4n) is 3.20. The van der Waals surface area contributed by atoms with Gasteiger partial charge in [-0.15, -0.1) is 38.3 Å². The van der Waals surface area contributed by atoms with Crippen LogP contribution in [-0.2, 0) is 24.2 Å². The maximum Gasteiger partial charge on any atom is 0.236 e. The van der Waals surface area contributed by atoms with Crippen LogP contribution in [0, 0.1) is 6.92 Å². The van der Waals surface area contributed by atoms with Crippen LogP contribution in [0.3, 0.4) is 0 Å². The van der Waals surface area contributed by atoms with Gasteiger partial charge in [0, 0.05) is 22.4 Å². The molecule has 7 nitrogen and oxygen atoms in total. The summed E-state index contributed by atoms with van der Waals surface area (Å²) < 4.78 is 2.04. The van der Waals surface area contributed by atoms with E-state index in [0.29, 0.717) is 16.8 Å². The van der Waals surface area contributed by atoms with E-state index in [2.05, 4.69) is 37.7 Å². The quantitative estimate of drug-likeness (QED) is 0.449.